The Labute approximate surface area is 125 Å². The van der Waals surface area contributed by atoms with Gasteiger partial charge in [-0.1, -0.05) is 0 Å². The lowest BCUT2D eigenvalue weighted by Crippen LogP contribution is -2.30. The fourth-order valence-electron chi connectivity index (χ4n) is 2.41. The van der Waals surface area contributed by atoms with Gasteiger partial charge in [-0.3, -0.25) is 10.1 Å². The summed E-state index contributed by atoms with van der Waals surface area (Å²) in [6.45, 7) is 2.65. The normalized spacial score (nSPS) is 18.8. The van der Waals surface area contributed by atoms with E-state index in [0.717, 1.165) is 25.9 Å². The zero-order valence-electron chi connectivity index (χ0n) is 11.0. The number of benzene rings is 1. The second-order valence-corrected chi connectivity index (χ2v) is 5.82. The van der Waals surface area contributed by atoms with E-state index in [2.05, 4.69) is 26.6 Å². The van der Waals surface area contributed by atoms with Crippen molar-refractivity contribution in [2.24, 2.45) is 5.92 Å². The number of anilines is 1. The molecule has 0 aliphatic carbocycles. The molecule has 0 saturated carbocycles. The Bertz CT molecular complexity index is 493. The molecule has 0 bridgehead atoms. The minimum atomic E-state index is -0.505. The number of hydrogen-bond acceptors (Lipinski definition) is 4. The molecule has 110 valence electrons. The summed E-state index contributed by atoms with van der Waals surface area (Å²) in [6.07, 6.45) is 3.25. The predicted octanol–water partition coefficient (Wildman–Crippen LogP) is 3.30. The van der Waals surface area contributed by atoms with Gasteiger partial charge in [0.25, 0.3) is 5.69 Å². The Kier molecular flexibility index (Phi) is 5.31. The van der Waals surface area contributed by atoms with E-state index in [9.17, 15) is 14.5 Å². The summed E-state index contributed by atoms with van der Waals surface area (Å²) in [7, 11) is 0. The number of halogens is 2. The Morgan fingerprint density at radius 3 is 3.00 bits per heavy atom. The number of hydrogen-bond donors (Lipinski definition) is 2. The molecule has 0 amide bonds. The first-order valence-electron chi connectivity index (χ1n) is 6.66. The third-order valence-electron chi connectivity index (χ3n) is 3.50. The van der Waals surface area contributed by atoms with Crippen molar-refractivity contribution >= 4 is 27.3 Å². The van der Waals surface area contributed by atoms with Crippen LogP contribution >= 0.6 is 15.9 Å². The second-order valence-electron chi connectivity index (χ2n) is 4.97. The SMILES string of the molecule is O=[N+]([O-])c1cc(Br)c(F)cc1NCCC1CCCNC1. The molecule has 1 aromatic rings. The van der Waals surface area contributed by atoms with E-state index in [1.54, 1.807) is 0 Å². The van der Waals surface area contributed by atoms with E-state index in [4.69, 9.17) is 0 Å². The van der Waals surface area contributed by atoms with E-state index in [1.165, 1.54) is 18.6 Å². The molecule has 1 aliphatic heterocycles. The number of piperidine rings is 1. The molecule has 1 unspecified atom stereocenters. The molecule has 1 aliphatic rings. The highest BCUT2D eigenvalue weighted by atomic mass is 79.9. The maximum Gasteiger partial charge on any atom is 0.293 e. The topological polar surface area (TPSA) is 67.2 Å². The van der Waals surface area contributed by atoms with Gasteiger partial charge < -0.3 is 10.6 Å². The summed E-state index contributed by atoms with van der Waals surface area (Å²) in [5, 5.41) is 17.3. The zero-order valence-corrected chi connectivity index (χ0v) is 12.6. The quantitative estimate of drug-likeness (QED) is 0.634. The summed E-state index contributed by atoms with van der Waals surface area (Å²) in [6, 6.07) is 2.36. The summed E-state index contributed by atoms with van der Waals surface area (Å²) >= 11 is 2.96. The average molecular weight is 346 g/mol. The van der Waals surface area contributed by atoms with Crippen LogP contribution in [0, 0.1) is 21.8 Å². The van der Waals surface area contributed by atoms with Gasteiger partial charge in [-0.2, -0.15) is 0 Å². The van der Waals surface area contributed by atoms with Gasteiger partial charge in [-0.05, 0) is 54.2 Å². The van der Waals surface area contributed by atoms with Gasteiger partial charge in [-0.25, -0.2) is 4.39 Å². The molecule has 1 fully saturated rings. The van der Waals surface area contributed by atoms with Gasteiger partial charge in [0.15, 0.2) is 0 Å². The Morgan fingerprint density at radius 2 is 2.35 bits per heavy atom. The molecule has 1 aromatic carbocycles. The van der Waals surface area contributed by atoms with Crippen LogP contribution < -0.4 is 10.6 Å². The lowest BCUT2D eigenvalue weighted by atomic mass is 9.96. The van der Waals surface area contributed by atoms with Crippen LogP contribution in [0.3, 0.4) is 0 Å². The van der Waals surface area contributed by atoms with Gasteiger partial charge in [0.2, 0.25) is 0 Å². The molecule has 1 atom stereocenters. The van der Waals surface area contributed by atoms with Crippen molar-refractivity contribution in [3.8, 4) is 0 Å². The molecule has 7 heteroatoms. The molecule has 0 radical (unpaired) electrons. The molecule has 2 N–H and O–H groups in total. The molecular formula is C13H17BrFN3O2. The fourth-order valence-corrected chi connectivity index (χ4v) is 2.74. The van der Waals surface area contributed by atoms with Gasteiger partial charge in [0.05, 0.1) is 9.40 Å². The van der Waals surface area contributed by atoms with E-state index in [1.807, 2.05) is 0 Å². The largest absolute Gasteiger partial charge is 0.379 e. The first kappa shape index (κ1) is 15.2. The predicted molar refractivity (Wildman–Crippen MR) is 79.5 cm³/mol. The number of nitro groups is 1. The van der Waals surface area contributed by atoms with Crippen molar-refractivity contribution in [3.05, 3.63) is 32.5 Å². The van der Waals surface area contributed by atoms with Crippen LogP contribution in [0.1, 0.15) is 19.3 Å². The van der Waals surface area contributed by atoms with Crippen molar-refractivity contribution in [1.82, 2.24) is 5.32 Å². The summed E-state index contributed by atoms with van der Waals surface area (Å²) in [5.74, 6) is 0.0769. The van der Waals surface area contributed by atoms with Crippen LogP contribution in [0.15, 0.2) is 16.6 Å². The smallest absolute Gasteiger partial charge is 0.293 e. The Hall–Kier alpha value is -1.21. The van der Waals surface area contributed by atoms with Crippen LogP contribution in [0.2, 0.25) is 0 Å². The maximum atomic E-state index is 13.5. The third-order valence-corrected chi connectivity index (χ3v) is 4.11. The number of nitrogens with one attached hydrogen (secondary N) is 2. The minimum Gasteiger partial charge on any atom is -0.379 e. The van der Waals surface area contributed by atoms with Gasteiger partial charge in [0.1, 0.15) is 11.5 Å². The minimum absolute atomic E-state index is 0.103. The van der Waals surface area contributed by atoms with Crippen molar-refractivity contribution in [1.29, 1.82) is 0 Å². The van der Waals surface area contributed by atoms with Crippen molar-refractivity contribution in [2.45, 2.75) is 19.3 Å². The van der Waals surface area contributed by atoms with Crippen LogP contribution in [0.4, 0.5) is 15.8 Å². The molecular weight excluding hydrogens is 329 g/mol. The third kappa shape index (κ3) is 3.89. The standard InChI is InChI=1S/C13H17BrFN3O2/c14-10-6-13(18(19)20)12(7-11(10)15)17-5-3-9-2-1-4-16-8-9/h6-7,9,16-17H,1-5,8H2. The summed E-state index contributed by atoms with van der Waals surface area (Å²) in [5.41, 5.74) is 0.125. The van der Waals surface area contributed by atoms with Crippen LogP contribution in [-0.2, 0) is 0 Å². The lowest BCUT2D eigenvalue weighted by molar-refractivity contribution is -0.384. The molecule has 0 spiro atoms. The molecule has 1 heterocycles. The summed E-state index contributed by atoms with van der Waals surface area (Å²) < 4.78 is 13.6. The van der Waals surface area contributed by atoms with Crippen molar-refractivity contribution in [3.63, 3.8) is 0 Å². The number of rotatable bonds is 5. The highest BCUT2D eigenvalue weighted by Crippen LogP contribution is 2.30. The van der Waals surface area contributed by atoms with Crippen molar-refractivity contribution in [2.75, 3.05) is 25.0 Å². The first-order chi connectivity index (χ1) is 9.58. The van der Waals surface area contributed by atoms with Gasteiger partial charge in [-0.15, -0.1) is 0 Å². The van der Waals surface area contributed by atoms with E-state index in [-0.39, 0.29) is 15.8 Å². The second kappa shape index (κ2) is 6.99. The first-order valence-corrected chi connectivity index (χ1v) is 7.45. The van der Waals surface area contributed by atoms with Gasteiger partial charge >= 0.3 is 0 Å². The Balaban J connectivity index is 1.97. The monoisotopic (exact) mass is 345 g/mol. The Morgan fingerprint density at radius 1 is 1.55 bits per heavy atom. The number of nitro benzene ring substituents is 1. The highest BCUT2D eigenvalue weighted by Gasteiger charge is 2.18. The summed E-state index contributed by atoms with van der Waals surface area (Å²) in [4.78, 5) is 10.5. The fraction of sp³-hybridized carbons (Fsp3) is 0.538. The van der Waals surface area contributed by atoms with E-state index in [0.29, 0.717) is 12.5 Å². The lowest BCUT2D eigenvalue weighted by Gasteiger charge is -2.22. The van der Waals surface area contributed by atoms with E-state index < -0.39 is 10.7 Å². The van der Waals surface area contributed by atoms with E-state index >= 15 is 0 Å². The highest BCUT2D eigenvalue weighted by molar-refractivity contribution is 9.10. The average Bonchev–Trinajstić information content (AvgIpc) is 2.43. The van der Waals surface area contributed by atoms with Gasteiger partial charge in [0, 0.05) is 18.7 Å². The number of nitrogens with zero attached hydrogens (tertiary/aromatic N) is 1. The van der Waals surface area contributed by atoms with Crippen LogP contribution in [-0.4, -0.2) is 24.6 Å². The molecule has 1 saturated heterocycles. The maximum absolute atomic E-state index is 13.5. The molecule has 20 heavy (non-hydrogen) atoms. The van der Waals surface area contributed by atoms with Crippen LogP contribution in [0.25, 0.3) is 0 Å². The molecule has 0 aromatic heterocycles. The molecule has 5 nitrogen and oxygen atoms in total. The van der Waals surface area contributed by atoms with Crippen LogP contribution in [0.5, 0.6) is 0 Å². The van der Waals surface area contributed by atoms with Crippen molar-refractivity contribution < 1.29 is 9.31 Å². The zero-order chi connectivity index (χ0) is 14.5. The molecule has 2 rings (SSSR count).